The second-order valence-electron chi connectivity index (χ2n) is 6.60. The molecule has 4 N–H and O–H groups in total. The van der Waals surface area contributed by atoms with Crippen molar-refractivity contribution in [3.8, 4) is 0 Å². The van der Waals surface area contributed by atoms with Crippen molar-refractivity contribution in [1.82, 2.24) is 10.6 Å². The topological polar surface area (TPSA) is 101 Å². The van der Waals surface area contributed by atoms with Crippen LogP contribution in [-0.4, -0.2) is 29.8 Å². The molecule has 0 spiro atoms. The SMILES string of the molecule is CC(=O)N[C@H](Cc1ccccc1)C(=O)N[C@@H](Cc1ccc(C)cc1)C(N)=O. The van der Waals surface area contributed by atoms with Crippen LogP contribution in [-0.2, 0) is 27.2 Å². The maximum absolute atomic E-state index is 12.7. The fraction of sp³-hybridized carbons (Fsp3) is 0.286. The van der Waals surface area contributed by atoms with Gasteiger partial charge in [-0.05, 0) is 18.1 Å². The molecule has 2 aromatic carbocycles. The lowest BCUT2D eigenvalue weighted by molar-refractivity contribution is -0.130. The van der Waals surface area contributed by atoms with E-state index < -0.39 is 23.9 Å². The van der Waals surface area contributed by atoms with E-state index in [4.69, 9.17) is 5.73 Å². The van der Waals surface area contributed by atoms with Crippen molar-refractivity contribution in [3.05, 3.63) is 71.3 Å². The second kappa shape index (κ2) is 9.52. The van der Waals surface area contributed by atoms with Gasteiger partial charge in [0.25, 0.3) is 0 Å². The summed E-state index contributed by atoms with van der Waals surface area (Å²) in [4.78, 5) is 36.0. The maximum Gasteiger partial charge on any atom is 0.243 e. The smallest absolute Gasteiger partial charge is 0.243 e. The van der Waals surface area contributed by atoms with Crippen LogP contribution in [0.3, 0.4) is 0 Å². The Bertz CT molecular complexity index is 788. The molecule has 0 bridgehead atoms. The van der Waals surface area contributed by atoms with Crippen LogP contribution >= 0.6 is 0 Å². The minimum atomic E-state index is -0.854. The summed E-state index contributed by atoms with van der Waals surface area (Å²) in [6.07, 6.45) is 0.613. The molecule has 0 aliphatic carbocycles. The first-order chi connectivity index (χ1) is 12.8. The van der Waals surface area contributed by atoms with Crippen LogP contribution in [0.1, 0.15) is 23.6 Å². The van der Waals surface area contributed by atoms with Gasteiger partial charge in [0, 0.05) is 19.8 Å². The Kier molecular flexibility index (Phi) is 7.11. The number of nitrogens with two attached hydrogens (primary N) is 1. The molecule has 0 fully saturated rings. The fourth-order valence-corrected chi connectivity index (χ4v) is 2.76. The summed E-state index contributed by atoms with van der Waals surface area (Å²) in [5, 5.41) is 5.32. The molecule has 0 radical (unpaired) electrons. The zero-order valence-corrected chi connectivity index (χ0v) is 15.6. The third-order valence-corrected chi connectivity index (χ3v) is 4.20. The number of benzene rings is 2. The zero-order chi connectivity index (χ0) is 19.8. The number of primary amides is 1. The number of carbonyl (C=O) groups is 3. The van der Waals surface area contributed by atoms with E-state index in [2.05, 4.69) is 10.6 Å². The zero-order valence-electron chi connectivity index (χ0n) is 15.6. The molecule has 2 rings (SSSR count). The van der Waals surface area contributed by atoms with Gasteiger partial charge in [0.1, 0.15) is 12.1 Å². The summed E-state index contributed by atoms with van der Waals surface area (Å²) in [6, 6.07) is 15.4. The van der Waals surface area contributed by atoms with E-state index in [1.807, 2.05) is 61.5 Å². The average Bonchev–Trinajstić information content (AvgIpc) is 2.62. The van der Waals surface area contributed by atoms with Crippen molar-refractivity contribution in [1.29, 1.82) is 0 Å². The van der Waals surface area contributed by atoms with Crippen molar-refractivity contribution in [3.63, 3.8) is 0 Å². The summed E-state index contributed by atoms with van der Waals surface area (Å²) in [5.41, 5.74) is 8.38. The van der Waals surface area contributed by atoms with Gasteiger partial charge in [0.05, 0.1) is 0 Å². The maximum atomic E-state index is 12.7. The van der Waals surface area contributed by atoms with E-state index in [-0.39, 0.29) is 5.91 Å². The van der Waals surface area contributed by atoms with Gasteiger partial charge in [-0.25, -0.2) is 0 Å². The number of rotatable bonds is 8. The molecule has 3 amide bonds. The van der Waals surface area contributed by atoms with Crippen LogP contribution < -0.4 is 16.4 Å². The lowest BCUT2D eigenvalue weighted by atomic mass is 10.0. The van der Waals surface area contributed by atoms with Gasteiger partial charge >= 0.3 is 0 Å². The van der Waals surface area contributed by atoms with Gasteiger partial charge in [-0.15, -0.1) is 0 Å². The van der Waals surface area contributed by atoms with Gasteiger partial charge in [0.2, 0.25) is 17.7 Å². The van der Waals surface area contributed by atoms with E-state index >= 15 is 0 Å². The lowest BCUT2D eigenvalue weighted by Crippen LogP contribution is -2.54. The molecule has 2 atom stereocenters. The molecule has 0 saturated carbocycles. The number of hydrogen-bond donors (Lipinski definition) is 3. The van der Waals surface area contributed by atoms with Crippen molar-refractivity contribution in [2.45, 2.75) is 38.8 Å². The summed E-state index contributed by atoms with van der Waals surface area (Å²) in [6.45, 7) is 3.32. The Hall–Kier alpha value is -3.15. The van der Waals surface area contributed by atoms with E-state index in [9.17, 15) is 14.4 Å². The molecule has 0 aromatic heterocycles. The molecule has 0 aliphatic rings. The Morgan fingerprint density at radius 3 is 1.96 bits per heavy atom. The predicted octanol–water partition coefficient (Wildman–Crippen LogP) is 1.26. The highest BCUT2D eigenvalue weighted by molar-refractivity contribution is 5.91. The molecule has 6 nitrogen and oxygen atoms in total. The minimum absolute atomic E-state index is 0.291. The van der Waals surface area contributed by atoms with Crippen molar-refractivity contribution in [2.24, 2.45) is 5.73 Å². The number of amides is 3. The first-order valence-electron chi connectivity index (χ1n) is 8.81. The fourth-order valence-electron chi connectivity index (χ4n) is 2.76. The first-order valence-corrected chi connectivity index (χ1v) is 8.81. The van der Waals surface area contributed by atoms with Gasteiger partial charge in [-0.2, -0.15) is 0 Å². The molecule has 0 unspecified atom stereocenters. The Morgan fingerprint density at radius 2 is 1.41 bits per heavy atom. The third-order valence-electron chi connectivity index (χ3n) is 4.20. The van der Waals surface area contributed by atoms with E-state index in [1.165, 1.54) is 6.92 Å². The monoisotopic (exact) mass is 367 g/mol. The molecule has 27 heavy (non-hydrogen) atoms. The molecule has 0 aliphatic heterocycles. The van der Waals surface area contributed by atoms with Gasteiger partial charge in [0.15, 0.2) is 0 Å². The highest BCUT2D eigenvalue weighted by Crippen LogP contribution is 2.08. The Balaban J connectivity index is 2.10. The molecular weight excluding hydrogens is 342 g/mol. The Morgan fingerprint density at radius 1 is 0.852 bits per heavy atom. The van der Waals surface area contributed by atoms with Gasteiger partial charge in [-0.3, -0.25) is 14.4 Å². The van der Waals surface area contributed by atoms with Crippen molar-refractivity contribution in [2.75, 3.05) is 0 Å². The second-order valence-corrected chi connectivity index (χ2v) is 6.60. The minimum Gasteiger partial charge on any atom is -0.368 e. The van der Waals surface area contributed by atoms with E-state index in [0.29, 0.717) is 12.8 Å². The van der Waals surface area contributed by atoms with E-state index in [0.717, 1.165) is 16.7 Å². The van der Waals surface area contributed by atoms with Crippen LogP contribution in [0, 0.1) is 6.92 Å². The molecule has 6 heteroatoms. The molecule has 0 heterocycles. The molecule has 2 aromatic rings. The third kappa shape index (κ3) is 6.58. The van der Waals surface area contributed by atoms with Gasteiger partial charge in [-0.1, -0.05) is 60.2 Å². The molecule has 142 valence electrons. The van der Waals surface area contributed by atoms with Crippen LogP contribution in [0.5, 0.6) is 0 Å². The highest BCUT2D eigenvalue weighted by Gasteiger charge is 2.25. The van der Waals surface area contributed by atoms with Crippen molar-refractivity contribution < 1.29 is 14.4 Å². The first kappa shape index (κ1) is 20.2. The highest BCUT2D eigenvalue weighted by atomic mass is 16.2. The normalized spacial score (nSPS) is 12.7. The average molecular weight is 367 g/mol. The lowest BCUT2D eigenvalue weighted by Gasteiger charge is -2.22. The Labute approximate surface area is 159 Å². The van der Waals surface area contributed by atoms with Gasteiger partial charge < -0.3 is 16.4 Å². The van der Waals surface area contributed by atoms with Crippen LogP contribution in [0.15, 0.2) is 54.6 Å². The quantitative estimate of drug-likeness (QED) is 0.654. The number of carbonyl (C=O) groups excluding carboxylic acids is 3. The van der Waals surface area contributed by atoms with E-state index in [1.54, 1.807) is 0 Å². The standard InChI is InChI=1S/C21H25N3O3/c1-14-8-10-17(11-9-14)12-18(20(22)26)24-21(27)19(23-15(2)25)13-16-6-4-3-5-7-16/h3-11,18-19H,12-13H2,1-2H3,(H2,22,26)(H,23,25)(H,24,27)/t18-,19+/m0/s1. The molecule has 0 saturated heterocycles. The summed E-state index contributed by atoms with van der Waals surface area (Å²) in [7, 11) is 0. The van der Waals surface area contributed by atoms with Crippen LogP contribution in [0.25, 0.3) is 0 Å². The molecular formula is C21H25N3O3. The van der Waals surface area contributed by atoms with Crippen molar-refractivity contribution >= 4 is 17.7 Å². The summed E-state index contributed by atoms with van der Waals surface area (Å²) >= 11 is 0. The number of nitrogens with one attached hydrogen (secondary N) is 2. The summed E-state index contributed by atoms with van der Waals surface area (Å²) in [5.74, 6) is -1.38. The number of aryl methyl sites for hydroxylation is 1. The largest absolute Gasteiger partial charge is 0.368 e. The van der Waals surface area contributed by atoms with Crippen LogP contribution in [0.4, 0.5) is 0 Å². The van der Waals surface area contributed by atoms with Crippen LogP contribution in [0.2, 0.25) is 0 Å². The number of hydrogen-bond acceptors (Lipinski definition) is 3. The predicted molar refractivity (Wildman–Crippen MR) is 104 cm³/mol. The summed E-state index contributed by atoms with van der Waals surface area (Å²) < 4.78 is 0.